The van der Waals surface area contributed by atoms with Crippen molar-refractivity contribution >= 4 is 5.91 Å². The standard InChI is InChI=1S/C17H24F2N2O2/c1-11(16(23-2)15-7-4-9-20-15)17(22)21-10-8-12-13(18)5-3-6-14(12)19/h3,5-6,11,15-16,20H,4,7-10H2,1-2H3,(H,21,22)/t11-,15-,16-/m1/s1. The van der Waals surface area contributed by atoms with Gasteiger partial charge in [-0.15, -0.1) is 0 Å². The molecule has 1 amide bonds. The van der Waals surface area contributed by atoms with Gasteiger partial charge in [-0.3, -0.25) is 4.79 Å². The summed E-state index contributed by atoms with van der Waals surface area (Å²) >= 11 is 0. The van der Waals surface area contributed by atoms with Gasteiger partial charge >= 0.3 is 0 Å². The third-order valence-corrected chi connectivity index (χ3v) is 4.41. The van der Waals surface area contributed by atoms with Crippen LogP contribution in [0.3, 0.4) is 0 Å². The Morgan fingerprint density at radius 2 is 2.13 bits per heavy atom. The van der Waals surface area contributed by atoms with Gasteiger partial charge in [-0.25, -0.2) is 8.78 Å². The average molecular weight is 326 g/mol. The fourth-order valence-corrected chi connectivity index (χ4v) is 3.10. The van der Waals surface area contributed by atoms with Gasteiger partial charge in [0.2, 0.25) is 5.91 Å². The lowest BCUT2D eigenvalue weighted by atomic mass is 9.95. The van der Waals surface area contributed by atoms with Crippen LogP contribution < -0.4 is 10.6 Å². The van der Waals surface area contributed by atoms with Crippen molar-refractivity contribution in [3.63, 3.8) is 0 Å². The van der Waals surface area contributed by atoms with Gasteiger partial charge in [0, 0.05) is 25.3 Å². The van der Waals surface area contributed by atoms with E-state index in [0.29, 0.717) is 0 Å². The number of ether oxygens (including phenoxy) is 1. The third-order valence-electron chi connectivity index (χ3n) is 4.41. The second kappa shape index (κ2) is 8.36. The van der Waals surface area contributed by atoms with Crippen molar-refractivity contribution in [1.29, 1.82) is 0 Å². The maximum atomic E-state index is 13.5. The highest BCUT2D eigenvalue weighted by atomic mass is 19.1. The molecule has 0 unspecified atom stereocenters. The molecule has 4 nitrogen and oxygen atoms in total. The Labute approximate surface area is 135 Å². The zero-order valence-electron chi connectivity index (χ0n) is 13.6. The first-order valence-corrected chi connectivity index (χ1v) is 8.01. The van der Waals surface area contributed by atoms with E-state index in [4.69, 9.17) is 4.74 Å². The van der Waals surface area contributed by atoms with Crippen LogP contribution in [-0.2, 0) is 16.0 Å². The molecule has 1 fully saturated rings. The van der Waals surface area contributed by atoms with Gasteiger partial charge < -0.3 is 15.4 Å². The second-order valence-corrected chi connectivity index (χ2v) is 5.93. The van der Waals surface area contributed by atoms with Gasteiger partial charge in [0.05, 0.1) is 12.0 Å². The van der Waals surface area contributed by atoms with E-state index in [1.807, 2.05) is 6.92 Å². The lowest BCUT2D eigenvalue weighted by Gasteiger charge is -2.27. The topological polar surface area (TPSA) is 50.4 Å². The zero-order valence-corrected chi connectivity index (χ0v) is 13.6. The van der Waals surface area contributed by atoms with Gasteiger partial charge in [-0.05, 0) is 37.9 Å². The summed E-state index contributed by atoms with van der Waals surface area (Å²) in [5.74, 6) is -1.67. The molecule has 1 saturated heterocycles. The molecule has 128 valence electrons. The van der Waals surface area contributed by atoms with Crippen molar-refractivity contribution in [1.82, 2.24) is 10.6 Å². The van der Waals surface area contributed by atoms with Crippen LogP contribution in [0.1, 0.15) is 25.3 Å². The molecule has 0 radical (unpaired) electrons. The largest absolute Gasteiger partial charge is 0.379 e. The molecule has 1 aromatic carbocycles. The first-order valence-electron chi connectivity index (χ1n) is 8.01. The van der Waals surface area contributed by atoms with Crippen LogP contribution in [-0.4, -0.2) is 38.3 Å². The Morgan fingerprint density at radius 3 is 2.70 bits per heavy atom. The number of methoxy groups -OCH3 is 1. The van der Waals surface area contributed by atoms with Crippen LogP contribution in [0.5, 0.6) is 0 Å². The number of rotatable bonds is 7. The predicted molar refractivity (Wildman–Crippen MR) is 84.1 cm³/mol. The van der Waals surface area contributed by atoms with Crippen LogP contribution in [0.2, 0.25) is 0 Å². The summed E-state index contributed by atoms with van der Waals surface area (Å²) in [7, 11) is 1.60. The fourth-order valence-electron chi connectivity index (χ4n) is 3.10. The van der Waals surface area contributed by atoms with E-state index in [1.54, 1.807) is 7.11 Å². The second-order valence-electron chi connectivity index (χ2n) is 5.93. The average Bonchev–Trinajstić information content (AvgIpc) is 3.04. The number of halogens is 2. The highest BCUT2D eigenvalue weighted by Crippen LogP contribution is 2.19. The molecule has 0 bridgehead atoms. The van der Waals surface area contributed by atoms with E-state index < -0.39 is 11.6 Å². The number of amides is 1. The molecule has 2 N–H and O–H groups in total. The van der Waals surface area contributed by atoms with Crippen molar-refractivity contribution in [2.24, 2.45) is 5.92 Å². The molecule has 0 spiro atoms. The summed E-state index contributed by atoms with van der Waals surface area (Å²) in [6.45, 7) is 2.94. The minimum Gasteiger partial charge on any atom is -0.379 e. The lowest BCUT2D eigenvalue weighted by Crippen LogP contribution is -2.46. The minimum atomic E-state index is -0.586. The maximum absolute atomic E-state index is 13.5. The van der Waals surface area contributed by atoms with Crippen molar-refractivity contribution < 1.29 is 18.3 Å². The third kappa shape index (κ3) is 4.48. The Morgan fingerprint density at radius 1 is 1.43 bits per heavy atom. The predicted octanol–water partition coefficient (Wildman–Crippen LogP) is 2.03. The number of carbonyl (C=O) groups is 1. The summed E-state index contributed by atoms with van der Waals surface area (Å²) in [5, 5.41) is 6.08. The Kier molecular flexibility index (Phi) is 6.47. The quantitative estimate of drug-likeness (QED) is 0.806. The molecule has 3 atom stereocenters. The Balaban J connectivity index is 1.86. The Bertz CT molecular complexity index is 513. The molecule has 6 heteroatoms. The monoisotopic (exact) mass is 326 g/mol. The van der Waals surface area contributed by atoms with Crippen LogP contribution in [0.15, 0.2) is 18.2 Å². The van der Waals surface area contributed by atoms with Crippen LogP contribution in [0.25, 0.3) is 0 Å². The van der Waals surface area contributed by atoms with Gasteiger partial charge in [0.1, 0.15) is 11.6 Å². The number of nitrogens with one attached hydrogen (secondary N) is 2. The first-order chi connectivity index (χ1) is 11.0. The SMILES string of the molecule is CO[C@@H]([C@H]1CCCN1)[C@@H](C)C(=O)NCCc1c(F)cccc1F. The molecule has 23 heavy (non-hydrogen) atoms. The molecular formula is C17H24F2N2O2. The smallest absolute Gasteiger partial charge is 0.225 e. The van der Waals surface area contributed by atoms with E-state index in [0.717, 1.165) is 19.4 Å². The molecule has 2 rings (SSSR count). The normalized spacial score (nSPS) is 20.3. The molecular weight excluding hydrogens is 302 g/mol. The molecule has 1 heterocycles. The first kappa shape index (κ1) is 17.8. The molecule has 1 aliphatic heterocycles. The van der Waals surface area contributed by atoms with E-state index >= 15 is 0 Å². The molecule has 1 aliphatic rings. The van der Waals surface area contributed by atoms with Crippen molar-refractivity contribution in [3.8, 4) is 0 Å². The van der Waals surface area contributed by atoms with Crippen molar-refractivity contribution in [2.75, 3.05) is 20.2 Å². The van der Waals surface area contributed by atoms with E-state index in [-0.39, 0.29) is 42.5 Å². The van der Waals surface area contributed by atoms with Gasteiger partial charge in [-0.2, -0.15) is 0 Å². The summed E-state index contributed by atoms with van der Waals surface area (Å²) < 4.78 is 32.6. The Hall–Kier alpha value is -1.53. The summed E-state index contributed by atoms with van der Waals surface area (Å²) in [4.78, 5) is 12.3. The van der Waals surface area contributed by atoms with Crippen LogP contribution in [0.4, 0.5) is 8.78 Å². The van der Waals surface area contributed by atoms with Crippen molar-refractivity contribution in [2.45, 2.75) is 38.3 Å². The number of hydrogen-bond acceptors (Lipinski definition) is 3. The number of hydrogen-bond donors (Lipinski definition) is 2. The summed E-state index contributed by atoms with van der Waals surface area (Å²) in [6, 6.07) is 3.93. The minimum absolute atomic E-state index is 0.00111. The summed E-state index contributed by atoms with van der Waals surface area (Å²) in [6.07, 6.45) is 1.97. The molecule has 0 saturated carbocycles. The van der Waals surface area contributed by atoms with Gasteiger partial charge in [0.25, 0.3) is 0 Å². The molecule has 0 aliphatic carbocycles. The molecule has 0 aromatic heterocycles. The zero-order chi connectivity index (χ0) is 16.8. The van der Waals surface area contributed by atoms with E-state index in [2.05, 4.69) is 10.6 Å². The van der Waals surface area contributed by atoms with Crippen LogP contribution in [0, 0.1) is 17.6 Å². The van der Waals surface area contributed by atoms with E-state index in [1.165, 1.54) is 18.2 Å². The number of benzene rings is 1. The van der Waals surface area contributed by atoms with Crippen LogP contribution >= 0.6 is 0 Å². The number of carbonyl (C=O) groups excluding carboxylic acids is 1. The van der Waals surface area contributed by atoms with Gasteiger partial charge in [0.15, 0.2) is 0 Å². The highest BCUT2D eigenvalue weighted by Gasteiger charge is 2.32. The fraction of sp³-hybridized carbons (Fsp3) is 0.588. The molecule has 1 aromatic rings. The highest BCUT2D eigenvalue weighted by molar-refractivity contribution is 5.79. The maximum Gasteiger partial charge on any atom is 0.225 e. The van der Waals surface area contributed by atoms with Crippen molar-refractivity contribution in [3.05, 3.63) is 35.4 Å². The lowest BCUT2D eigenvalue weighted by molar-refractivity contribution is -0.129. The summed E-state index contributed by atoms with van der Waals surface area (Å²) in [5.41, 5.74) is 0.00111. The van der Waals surface area contributed by atoms with E-state index in [9.17, 15) is 13.6 Å². The van der Waals surface area contributed by atoms with Gasteiger partial charge in [-0.1, -0.05) is 13.0 Å².